The molecule has 0 radical (unpaired) electrons. The van der Waals surface area contributed by atoms with E-state index in [1.54, 1.807) is 11.9 Å². The molecule has 0 fully saturated rings. The molecule has 1 atom stereocenters. The number of allylic oxidation sites excluding steroid dienone is 1. The number of hydrogen-bond donors (Lipinski definition) is 0. The monoisotopic (exact) mass is 377 g/mol. The van der Waals surface area contributed by atoms with E-state index in [0.29, 0.717) is 16.6 Å². The van der Waals surface area contributed by atoms with E-state index in [-0.39, 0.29) is 11.8 Å². The van der Waals surface area contributed by atoms with Crippen LogP contribution in [0.4, 0.5) is 5.69 Å². The Balaban J connectivity index is 2.03. The molecule has 0 aromatic heterocycles. The first kappa shape index (κ1) is 17.9. The highest BCUT2D eigenvalue weighted by Gasteiger charge is 2.55. The minimum Gasteiger partial charge on any atom is -0.462 e. The van der Waals surface area contributed by atoms with Gasteiger partial charge in [0.15, 0.2) is 10.8 Å². The standard InChI is InChI=1S/C17H19N3O3S2/c1-5-23-16(22)14-11(2)19(4)17(24-14)20(13-9-7-6-8-10-13)18-15(25-17)12(3)21/h6-10H,5H2,1-4H3. The van der Waals surface area contributed by atoms with Crippen LogP contribution in [0.3, 0.4) is 0 Å². The molecule has 1 aromatic carbocycles. The zero-order valence-corrected chi connectivity index (χ0v) is 16.1. The summed E-state index contributed by atoms with van der Waals surface area (Å²) in [5, 5.41) is 6.76. The molecule has 2 aliphatic heterocycles. The van der Waals surface area contributed by atoms with Gasteiger partial charge in [-0.15, -0.1) is 0 Å². The smallest absolute Gasteiger partial charge is 0.346 e. The summed E-state index contributed by atoms with van der Waals surface area (Å²) in [6.07, 6.45) is 0. The number of thioether (sulfide) groups is 2. The van der Waals surface area contributed by atoms with Crippen molar-refractivity contribution >= 4 is 46.0 Å². The quantitative estimate of drug-likeness (QED) is 0.747. The maximum absolute atomic E-state index is 12.3. The van der Waals surface area contributed by atoms with Crippen LogP contribution in [0.1, 0.15) is 20.8 Å². The number of para-hydroxylation sites is 1. The van der Waals surface area contributed by atoms with Crippen molar-refractivity contribution < 1.29 is 14.3 Å². The molecule has 0 N–H and O–H groups in total. The van der Waals surface area contributed by atoms with E-state index in [0.717, 1.165) is 11.4 Å². The number of hydrazone groups is 1. The maximum atomic E-state index is 12.3. The summed E-state index contributed by atoms with van der Waals surface area (Å²) in [6, 6.07) is 9.62. The van der Waals surface area contributed by atoms with Crippen molar-refractivity contribution in [3.63, 3.8) is 0 Å². The van der Waals surface area contributed by atoms with Gasteiger partial charge in [0.05, 0.1) is 12.3 Å². The number of benzene rings is 1. The summed E-state index contributed by atoms with van der Waals surface area (Å²) in [5.74, 6) is -0.447. The first-order valence-corrected chi connectivity index (χ1v) is 9.48. The first-order valence-electron chi connectivity index (χ1n) is 7.85. The Hall–Kier alpha value is -1.93. The van der Waals surface area contributed by atoms with Crippen LogP contribution in [0.5, 0.6) is 0 Å². The van der Waals surface area contributed by atoms with E-state index in [9.17, 15) is 9.59 Å². The SMILES string of the molecule is CCOC(=O)C1=C(C)N(C)C2(SC(C(C)=O)=NN2c2ccccc2)S1. The lowest BCUT2D eigenvalue weighted by molar-refractivity contribution is -0.137. The molecule has 1 aromatic rings. The van der Waals surface area contributed by atoms with E-state index in [2.05, 4.69) is 5.10 Å². The van der Waals surface area contributed by atoms with Crippen LogP contribution < -0.4 is 5.01 Å². The van der Waals surface area contributed by atoms with Crippen molar-refractivity contribution in [2.45, 2.75) is 25.1 Å². The molecule has 6 nitrogen and oxygen atoms in total. The van der Waals surface area contributed by atoms with Gasteiger partial charge in [-0.1, -0.05) is 30.0 Å². The van der Waals surface area contributed by atoms with Gasteiger partial charge in [-0.3, -0.25) is 4.79 Å². The Morgan fingerprint density at radius 3 is 2.52 bits per heavy atom. The number of nitrogens with zero attached hydrogens (tertiary/aromatic N) is 3. The van der Waals surface area contributed by atoms with Gasteiger partial charge in [-0.05, 0) is 37.7 Å². The second kappa shape index (κ2) is 6.76. The third-order valence-corrected chi connectivity index (χ3v) is 7.10. The van der Waals surface area contributed by atoms with Gasteiger partial charge in [-0.25, -0.2) is 9.80 Å². The number of carbonyl (C=O) groups excluding carboxylic acids is 2. The van der Waals surface area contributed by atoms with Crippen LogP contribution in [0.25, 0.3) is 0 Å². The molecule has 2 aliphatic rings. The third kappa shape index (κ3) is 2.93. The van der Waals surface area contributed by atoms with Crippen LogP contribution >= 0.6 is 23.5 Å². The first-order chi connectivity index (χ1) is 11.9. The number of Topliss-reactive ketones (excluding diaryl/α,β-unsaturated/α-hetero) is 1. The summed E-state index contributed by atoms with van der Waals surface area (Å²) in [4.78, 5) is 26.8. The molecule has 0 amide bonds. The fourth-order valence-electron chi connectivity index (χ4n) is 2.58. The van der Waals surface area contributed by atoms with Crippen molar-refractivity contribution in [1.29, 1.82) is 0 Å². The predicted molar refractivity (Wildman–Crippen MR) is 102 cm³/mol. The minimum atomic E-state index is -0.755. The number of ketones is 1. The second-order valence-electron chi connectivity index (χ2n) is 5.56. The van der Waals surface area contributed by atoms with E-state index < -0.39 is 4.33 Å². The van der Waals surface area contributed by atoms with Crippen molar-refractivity contribution in [3.8, 4) is 0 Å². The van der Waals surface area contributed by atoms with Crippen molar-refractivity contribution in [2.24, 2.45) is 5.10 Å². The fourth-order valence-corrected chi connectivity index (χ4v) is 5.45. The van der Waals surface area contributed by atoms with E-state index in [4.69, 9.17) is 4.74 Å². The van der Waals surface area contributed by atoms with Crippen molar-refractivity contribution in [3.05, 3.63) is 40.9 Å². The number of anilines is 1. The number of carbonyl (C=O) groups is 2. The highest BCUT2D eigenvalue weighted by molar-refractivity contribution is 8.28. The molecule has 0 bridgehead atoms. The van der Waals surface area contributed by atoms with Gasteiger partial charge >= 0.3 is 5.97 Å². The van der Waals surface area contributed by atoms with Gasteiger partial charge in [0.1, 0.15) is 4.91 Å². The average molecular weight is 377 g/mol. The molecule has 132 valence electrons. The van der Waals surface area contributed by atoms with Crippen LogP contribution in [0.2, 0.25) is 0 Å². The average Bonchev–Trinajstić information content (AvgIpc) is 3.11. The Morgan fingerprint density at radius 1 is 1.24 bits per heavy atom. The van der Waals surface area contributed by atoms with E-state index >= 15 is 0 Å². The Bertz CT molecular complexity index is 779. The largest absolute Gasteiger partial charge is 0.462 e. The van der Waals surface area contributed by atoms with Gasteiger partial charge < -0.3 is 9.64 Å². The van der Waals surface area contributed by atoms with Crippen LogP contribution in [-0.4, -0.2) is 39.7 Å². The maximum Gasteiger partial charge on any atom is 0.346 e. The molecule has 1 spiro atoms. The lowest BCUT2D eigenvalue weighted by Gasteiger charge is -2.39. The Kier molecular flexibility index (Phi) is 4.83. The molecule has 0 saturated heterocycles. The van der Waals surface area contributed by atoms with Gasteiger partial charge in [-0.2, -0.15) is 5.10 Å². The molecule has 25 heavy (non-hydrogen) atoms. The molecular formula is C17H19N3O3S2. The lowest BCUT2D eigenvalue weighted by Crippen LogP contribution is -2.47. The lowest BCUT2D eigenvalue weighted by atomic mass is 10.3. The van der Waals surface area contributed by atoms with E-state index in [1.165, 1.54) is 30.4 Å². The number of esters is 1. The highest BCUT2D eigenvalue weighted by Crippen LogP contribution is 2.58. The van der Waals surface area contributed by atoms with E-state index in [1.807, 2.05) is 49.2 Å². The van der Waals surface area contributed by atoms with Crippen LogP contribution in [0.15, 0.2) is 46.0 Å². The predicted octanol–water partition coefficient (Wildman–Crippen LogP) is 3.23. The normalized spacial score (nSPS) is 22.6. The van der Waals surface area contributed by atoms with Gasteiger partial charge in [0.2, 0.25) is 4.33 Å². The summed E-state index contributed by atoms with van der Waals surface area (Å²) < 4.78 is 4.43. The van der Waals surface area contributed by atoms with Crippen LogP contribution in [-0.2, 0) is 14.3 Å². The van der Waals surface area contributed by atoms with Crippen molar-refractivity contribution in [1.82, 2.24) is 4.90 Å². The summed E-state index contributed by atoms with van der Waals surface area (Å²) in [5.41, 5.74) is 1.65. The molecule has 1 unspecified atom stereocenters. The molecule has 0 aliphatic carbocycles. The summed E-state index contributed by atoms with van der Waals surface area (Å²) >= 11 is 2.71. The highest BCUT2D eigenvalue weighted by atomic mass is 32.2. The minimum absolute atomic E-state index is 0.0981. The Morgan fingerprint density at radius 2 is 1.92 bits per heavy atom. The molecule has 8 heteroatoms. The number of hydrogen-bond acceptors (Lipinski definition) is 8. The summed E-state index contributed by atoms with van der Waals surface area (Å²) in [6.45, 7) is 5.48. The molecule has 2 heterocycles. The second-order valence-corrected chi connectivity index (χ2v) is 8.16. The Labute approximate surface area is 155 Å². The van der Waals surface area contributed by atoms with Crippen molar-refractivity contribution in [2.75, 3.05) is 18.7 Å². The van der Waals surface area contributed by atoms with Crippen LogP contribution in [0, 0.1) is 0 Å². The molecule has 0 saturated carbocycles. The van der Waals surface area contributed by atoms with Gasteiger partial charge in [0.25, 0.3) is 0 Å². The number of rotatable bonds is 4. The topological polar surface area (TPSA) is 62.2 Å². The third-order valence-electron chi connectivity index (χ3n) is 3.94. The molecule has 3 rings (SSSR count). The van der Waals surface area contributed by atoms with Gasteiger partial charge in [0, 0.05) is 19.7 Å². The fraction of sp³-hybridized carbons (Fsp3) is 0.353. The zero-order chi connectivity index (χ0) is 18.2. The zero-order valence-electron chi connectivity index (χ0n) is 14.5. The number of ether oxygens (including phenoxy) is 1. The molecular weight excluding hydrogens is 358 g/mol. The summed E-state index contributed by atoms with van der Waals surface area (Å²) in [7, 11) is 1.90.